The zero-order chi connectivity index (χ0) is 20.3. The molecule has 0 aromatic heterocycles. The molecule has 1 heterocycles. The highest BCUT2D eigenvalue weighted by Gasteiger charge is 2.45. The van der Waals surface area contributed by atoms with Gasteiger partial charge in [0.25, 0.3) is 11.7 Å². The molecule has 1 fully saturated rings. The molecule has 1 saturated heterocycles. The van der Waals surface area contributed by atoms with Crippen LogP contribution in [0.4, 0.5) is 4.39 Å². The van der Waals surface area contributed by atoms with Crippen molar-refractivity contribution < 1.29 is 28.9 Å². The summed E-state index contributed by atoms with van der Waals surface area (Å²) in [6.07, 6.45) is 0.285. The van der Waals surface area contributed by atoms with Gasteiger partial charge < -0.3 is 19.8 Å². The molecule has 2 aromatic carbocycles. The number of amides is 1. The fourth-order valence-electron chi connectivity index (χ4n) is 3.30. The number of benzene rings is 2. The van der Waals surface area contributed by atoms with E-state index in [0.717, 1.165) is 6.07 Å². The lowest BCUT2D eigenvalue weighted by Crippen LogP contribution is -2.31. The maximum atomic E-state index is 14.1. The van der Waals surface area contributed by atoms with E-state index >= 15 is 0 Å². The molecule has 1 amide bonds. The molecular weight excluding hydrogens is 365 g/mol. The van der Waals surface area contributed by atoms with Crippen LogP contribution in [0.15, 0.2) is 54.1 Å². The van der Waals surface area contributed by atoms with Gasteiger partial charge in [-0.05, 0) is 30.2 Å². The number of carbonyl (C=O) groups excluding carboxylic acids is 2. The van der Waals surface area contributed by atoms with Gasteiger partial charge in [0.05, 0.1) is 18.7 Å². The van der Waals surface area contributed by atoms with Crippen LogP contribution >= 0.6 is 0 Å². The topological polar surface area (TPSA) is 87.1 Å². The van der Waals surface area contributed by atoms with E-state index in [2.05, 4.69) is 0 Å². The number of rotatable bonds is 6. The van der Waals surface area contributed by atoms with E-state index in [1.165, 1.54) is 24.1 Å². The molecule has 0 radical (unpaired) electrons. The Hall–Kier alpha value is -3.19. The van der Waals surface area contributed by atoms with Gasteiger partial charge in [0.2, 0.25) is 0 Å². The summed E-state index contributed by atoms with van der Waals surface area (Å²) in [5, 5.41) is 19.9. The first-order valence-corrected chi connectivity index (χ1v) is 8.77. The number of aliphatic hydroxyl groups excluding tert-OH is 2. The van der Waals surface area contributed by atoms with Gasteiger partial charge in [-0.3, -0.25) is 9.59 Å². The summed E-state index contributed by atoms with van der Waals surface area (Å²) in [6, 6.07) is 11.8. The van der Waals surface area contributed by atoms with Crippen molar-refractivity contribution in [1.82, 2.24) is 4.90 Å². The molecule has 146 valence electrons. The van der Waals surface area contributed by atoms with Crippen molar-refractivity contribution in [3.63, 3.8) is 0 Å². The molecule has 0 aliphatic carbocycles. The van der Waals surface area contributed by atoms with Gasteiger partial charge in [0, 0.05) is 18.7 Å². The summed E-state index contributed by atoms with van der Waals surface area (Å²) in [5.74, 6) is -2.77. The number of hydrogen-bond donors (Lipinski definition) is 2. The predicted octanol–water partition coefficient (Wildman–Crippen LogP) is 2.64. The molecule has 0 spiro atoms. The second-order valence-electron chi connectivity index (χ2n) is 6.33. The van der Waals surface area contributed by atoms with E-state index in [9.17, 15) is 19.1 Å². The summed E-state index contributed by atoms with van der Waals surface area (Å²) < 4.78 is 19.0. The Morgan fingerprint density at radius 1 is 1.18 bits per heavy atom. The fraction of sp³-hybridized carbons (Fsp3) is 0.238. The number of aliphatic hydroxyl groups is 2. The number of Topliss-reactive ketones (excluding diaryl/α,β-unsaturated/α-hetero) is 1. The highest BCUT2D eigenvalue weighted by Crippen LogP contribution is 2.39. The largest absolute Gasteiger partial charge is 0.507 e. The van der Waals surface area contributed by atoms with E-state index in [1.54, 1.807) is 30.3 Å². The third kappa shape index (κ3) is 3.48. The number of nitrogens with zero attached hydrogens (tertiary/aromatic N) is 1. The van der Waals surface area contributed by atoms with Gasteiger partial charge in [-0.1, -0.05) is 30.3 Å². The number of ketones is 1. The average Bonchev–Trinajstić information content (AvgIpc) is 2.97. The Labute approximate surface area is 161 Å². The van der Waals surface area contributed by atoms with Crippen molar-refractivity contribution in [2.75, 3.05) is 20.3 Å². The van der Waals surface area contributed by atoms with Crippen molar-refractivity contribution >= 4 is 17.4 Å². The number of ether oxygens (including phenoxy) is 1. The summed E-state index contributed by atoms with van der Waals surface area (Å²) >= 11 is 0. The number of hydrogen-bond acceptors (Lipinski definition) is 5. The lowest BCUT2D eigenvalue weighted by molar-refractivity contribution is -0.140. The van der Waals surface area contributed by atoms with Gasteiger partial charge in [-0.25, -0.2) is 4.39 Å². The van der Waals surface area contributed by atoms with Crippen LogP contribution in [-0.4, -0.2) is 47.1 Å². The van der Waals surface area contributed by atoms with Crippen LogP contribution in [-0.2, 0) is 9.59 Å². The molecule has 2 aromatic rings. The van der Waals surface area contributed by atoms with Crippen molar-refractivity contribution in [2.45, 2.75) is 12.5 Å². The molecule has 1 aliphatic heterocycles. The molecule has 1 aliphatic rings. The number of methoxy groups -OCH3 is 1. The van der Waals surface area contributed by atoms with E-state index in [1.807, 2.05) is 0 Å². The molecule has 6 nitrogen and oxygen atoms in total. The Kier molecular flexibility index (Phi) is 5.75. The number of carbonyl (C=O) groups is 2. The Bertz CT molecular complexity index is 926. The first-order chi connectivity index (χ1) is 13.5. The highest BCUT2D eigenvalue weighted by molar-refractivity contribution is 6.46. The average molecular weight is 385 g/mol. The predicted molar refractivity (Wildman–Crippen MR) is 100 cm³/mol. The van der Waals surface area contributed by atoms with Crippen LogP contribution in [0.5, 0.6) is 5.75 Å². The zero-order valence-corrected chi connectivity index (χ0v) is 15.3. The lowest BCUT2D eigenvalue weighted by Gasteiger charge is -2.25. The smallest absolute Gasteiger partial charge is 0.295 e. The third-order valence-electron chi connectivity index (χ3n) is 4.64. The summed E-state index contributed by atoms with van der Waals surface area (Å²) in [4.78, 5) is 26.6. The molecule has 7 heteroatoms. The van der Waals surface area contributed by atoms with Crippen molar-refractivity contribution in [2.24, 2.45) is 0 Å². The van der Waals surface area contributed by atoms with Gasteiger partial charge in [-0.2, -0.15) is 0 Å². The van der Waals surface area contributed by atoms with Gasteiger partial charge in [-0.15, -0.1) is 0 Å². The van der Waals surface area contributed by atoms with Gasteiger partial charge in [0.1, 0.15) is 5.76 Å². The van der Waals surface area contributed by atoms with Gasteiger partial charge in [0.15, 0.2) is 11.6 Å². The maximum Gasteiger partial charge on any atom is 0.295 e. The molecule has 1 atom stereocenters. The van der Waals surface area contributed by atoms with Crippen molar-refractivity contribution in [1.29, 1.82) is 0 Å². The number of likely N-dealkylation sites (tertiary alicyclic amines) is 1. The van der Waals surface area contributed by atoms with E-state index in [-0.39, 0.29) is 36.5 Å². The molecule has 2 N–H and O–H groups in total. The second-order valence-corrected chi connectivity index (χ2v) is 6.33. The summed E-state index contributed by atoms with van der Waals surface area (Å²) in [6.45, 7) is 0.00257. The first kappa shape index (κ1) is 19.6. The van der Waals surface area contributed by atoms with E-state index in [4.69, 9.17) is 9.84 Å². The Balaban J connectivity index is 2.15. The Morgan fingerprint density at radius 2 is 1.89 bits per heavy atom. The summed E-state index contributed by atoms with van der Waals surface area (Å²) in [5.41, 5.74) is 0.591. The van der Waals surface area contributed by atoms with Crippen LogP contribution in [0.2, 0.25) is 0 Å². The highest BCUT2D eigenvalue weighted by atomic mass is 19.1. The van der Waals surface area contributed by atoms with Crippen LogP contribution in [0.25, 0.3) is 5.76 Å². The minimum Gasteiger partial charge on any atom is -0.507 e. The third-order valence-corrected chi connectivity index (χ3v) is 4.64. The lowest BCUT2D eigenvalue weighted by atomic mass is 9.95. The molecule has 3 rings (SSSR count). The van der Waals surface area contributed by atoms with Gasteiger partial charge >= 0.3 is 0 Å². The fourth-order valence-corrected chi connectivity index (χ4v) is 3.30. The van der Waals surface area contributed by atoms with Crippen molar-refractivity contribution in [3.05, 3.63) is 71.0 Å². The van der Waals surface area contributed by atoms with Crippen LogP contribution in [0, 0.1) is 5.82 Å². The van der Waals surface area contributed by atoms with E-state index < -0.39 is 29.3 Å². The molecule has 28 heavy (non-hydrogen) atoms. The van der Waals surface area contributed by atoms with Crippen molar-refractivity contribution in [3.8, 4) is 5.75 Å². The Morgan fingerprint density at radius 3 is 2.50 bits per heavy atom. The molecular formula is C21H20FNO5. The van der Waals surface area contributed by atoms with E-state index in [0.29, 0.717) is 5.56 Å². The molecule has 0 bridgehead atoms. The monoisotopic (exact) mass is 385 g/mol. The van der Waals surface area contributed by atoms with Crippen LogP contribution < -0.4 is 4.74 Å². The zero-order valence-electron chi connectivity index (χ0n) is 15.3. The first-order valence-electron chi connectivity index (χ1n) is 8.77. The quantitative estimate of drug-likeness (QED) is 0.454. The number of halogens is 1. The molecule has 0 saturated carbocycles. The van der Waals surface area contributed by atoms with Crippen LogP contribution in [0.3, 0.4) is 0 Å². The maximum absolute atomic E-state index is 14.1. The minimum absolute atomic E-state index is 0.000411. The SMILES string of the molecule is COc1ccc(C(O)=C2C(=O)C(=O)N(CCCO)[C@@H]2c2ccccc2)cc1F. The molecule has 0 unspecified atom stereocenters. The standard InChI is InChI=1S/C21H20FNO5/c1-28-16-9-8-14(12-15(16)22)19(25)17-18(13-6-3-2-4-7-13)23(10-5-11-24)21(27)20(17)26/h2-4,6-9,12,18,24-25H,5,10-11H2,1H3/t18-/m1/s1. The second kappa shape index (κ2) is 8.22. The van der Waals surface area contributed by atoms with Crippen LogP contribution in [0.1, 0.15) is 23.6 Å². The summed E-state index contributed by atoms with van der Waals surface area (Å²) in [7, 11) is 1.32. The normalized spacial score (nSPS) is 18.5. The minimum atomic E-state index is -0.847.